The van der Waals surface area contributed by atoms with Crippen LogP contribution < -0.4 is 10.9 Å². The third-order valence-corrected chi connectivity index (χ3v) is 3.92. The molecule has 0 unspecified atom stereocenters. The van der Waals surface area contributed by atoms with E-state index in [2.05, 4.69) is 20.3 Å². The van der Waals surface area contributed by atoms with Gasteiger partial charge in [0.2, 0.25) is 5.91 Å². The van der Waals surface area contributed by atoms with Crippen molar-refractivity contribution in [2.45, 2.75) is 46.1 Å². The highest BCUT2D eigenvalue weighted by Crippen LogP contribution is 2.19. The molecule has 1 amide bonds. The average molecular weight is 301 g/mol. The number of H-pyrrole nitrogens is 1. The summed E-state index contributed by atoms with van der Waals surface area (Å²) in [5.74, 6) is 2.03. The molecule has 0 aliphatic carbocycles. The highest BCUT2D eigenvalue weighted by molar-refractivity contribution is 5.91. The maximum absolute atomic E-state index is 12.2. The van der Waals surface area contributed by atoms with Crippen LogP contribution in [-0.2, 0) is 24.2 Å². The first kappa shape index (κ1) is 14.5. The molecule has 0 atom stereocenters. The minimum absolute atomic E-state index is 0.00889. The first-order chi connectivity index (χ1) is 10.5. The van der Waals surface area contributed by atoms with Crippen molar-refractivity contribution in [1.82, 2.24) is 19.5 Å². The summed E-state index contributed by atoms with van der Waals surface area (Å²) in [6.45, 7) is 4.33. The summed E-state index contributed by atoms with van der Waals surface area (Å²) in [4.78, 5) is 35.3. The smallest absolute Gasteiger partial charge is 0.254 e. The van der Waals surface area contributed by atoms with Crippen molar-refractivity contribution in [2.24, 2.45) is 0 Å². The second-order valence-electron chi connectivity index (χ2n) is 5.61. The van der Waals surface area contributed by atoms with E-state index in [1.165, 1.54) is 0 Å². The lowest BCUT2D eigenvalue weighted by molar-refractivity contribution is -0.115. The molecule has 0 aromatic carbocycles. The summed E-state index contributed by atoms with van der Waals surface area (Å²) in [6.07, 6.45) is 4.86. The molecule has 0 saturated heterocycles. The molecule has 1 aliphatic heterocycles. The van der Waals surface area contributed by atoms with Gasteiger partial charge in [-0.3, -0.25) is 9.59 Å². The number of aromatic amines is 1. The van der Waals surface area contributed by atoms with Crippen LogP contribution in [-0.4, -0.2) is 25.4 Å². The van der Waals surface area contributed by atoms with Crippen LogP contribution in [0.2, 0.25) is 0 Å². The number of nitrogens with one attached hydrogen (secondary N) is 2. The molecule has 3 heterocycles. The van der Waals surface area contributed by atoms with Crippen LogP contribution in [0.3, 0.4) is 0 Å². The van der Waals surface area contributed by atoms with E-state index < -0.39 is 0 Å². The Morgan fingerprint density at radius 2 is 2.23 bits per heavy atom. The Bertz CT molecular complexity index is 775. The number of rotatable bonds is 3. The highest BCUT2D eigenvalue weighted by Gasteiger charge is 2.17. The van der Waals surface area contributed by atoms with Crippen molar-refractivity contribution in [3.8, 4) is 0 Å². The van der Waals surface area contributed by atoms with Crippen LogP contribution in [0.15, 0.2) is 11.0 Å². The zero-order valence-corrected chi connectivity index (χ0v) is 12.8. The van der Waals surface area contributed by atoms with Crippen LogP contribution in [0.1, 0.15) is 35.7 Å². The van der Waals surface area contributed by atoms with E-state index in [-0.39, 0.29) is 17.9 Å². The molecule has 0 radical (unpaired) electrons. The predicted octanol–water partition coefficient (Wildman–Crippen LogP) is 1.10. The van der Waals surface area contributed by atoms with Gasteiger partial charge in [0.25, 0.3) is 5.56 Å². The van der Waals surface area contributed by atoms with Crippen molar-refractivity contribution in [1.29, 1.82) is 0 Å². The summed E-state index contributed by atoms with van der Waals surface area (Å²) < 4.78 is 2.03. The van der Waals surface area contributed by atoms with Crippen molar-refractivity contribution in [3.63, 3.8) is 0 Å². The zero-order valence-electron chi connectivity index (χ0n) is 12.8. The molecule has 0 fully saturated rings. The van der Waals surface area contributed by atoms with E-state index in [0.29, 0.717) is 22.9 Å². The lowest BCUT2D eigenvalue weighted by Gasteiger charge is -2.16. The lowest BCUT2D eigenvalue weighted by atomic mass is 10.1. The molecular formula is C15H19N5O2. The van der Waals surface area contributed by atoms with E-state index in [1.807, 2.05) is 4.57 Å². The van der Waals surface area contributed by atoms with Gasteiger partial charge in [-0.25, -0.2) is 9.97 Å². The fourth-order valence-corrected chi connectivity index (χ4v) is 2.82. The number of anilines is 1. The normalized spacial score (nSPS) is 13.7. The maximum atomic E-state index is 12.2. The summed E-state index contributed by atoms with van der Waals surface area (Å²) in [5.41, 5.74) is 0.739. The molecule has 2 N–H and O–H groups in total. The van der Waals surface area contributed by atoms with Gasteiger partial charge in [0, 0.05) is 24.2 Å². The maximum Gasteiger partial charge on any atom is 0.254 e. The van der Waals surface area contributed by atoms with E-state index >= 15 is 0 Å². The summed E-state index contributed by atoms with van der Waals surface area (Å²) in [6, 6.07) is 0. The Balaban J connectivity index is 1.76. The Morgan fingerprint density at radius 3 is 3.00 bits per heavy atom. The van der Waals surface area contributed by atoms with Crippen molar-refractivity contribution in [3.05, 3.63) is 39.5 Å². The quantitative estimate of drug-likeness (QED) is 0.888. The van der Waals surface area contributed by atoms with Crippen LogP contribution in [0.4, 0.5) is 5.82 Å². The van der Waals surface area contributed by atoms with Gasteiger partial charge >= 0.3 is 0 Å². The SMILES string of the molecule is Cc1nc(C)c(CC(=O)Nc2cnc3n2CCCC3)c(=O)[nH]1. The fourth-order valence-electron chi connectivity index (χ4n) is 2.82. The predicted molar refractivity (Wildman–Crippen MR) is 81.8 cm³/mol. The molecule has 7 nitrogen and oxygen atoms in total. The van der Waals surface area contributed by atoms with E-state index in [1.54, 1.807) is 20.0 Å². The molecule has 3 rings (SSSR count). The topological polar surface area (TPSA) is 92.7 Å². The number of hydrogen-bond acceptors (Lipinski definition) is 4. The van der Waals surface area contributed by atoms with Crippen LogP contribution in [0, 0.1) is 13.8 Å². The first-order valence-electron chi connectivity index (χ1n) is 7.45. The van der Waals surface area contributed by atoms with Crippen molar-refractivity contribution >= 4 is 11.7 Å². The highest BCUT2D eigenvalue weighted by atomic mass is 16.2. The number of hydrogen-bond donors (Lipinski definition) is 2. The van der Waals surface area contributed by atoms with Crippen LogP contribution in [0.25, 0.3) is 0 Å². The van der Waals surface area contributed by atoms with E-state index in [0.717, 1.165) is 31.6 Å². The number of carbonyl (C=O) groups is 1. The van der Waals surface area contributed by atoms with Gasteiger partial charge in [0.1, 0.15) is 17.5 Å². The molecule has 22 heavy (non-hydrogen) atoms. The van der Waals surface area contributed by atoms with Crippen LogP contribution >= 0.6 is 0 Å². The van der Waals surface area contributed by atoms with Gasteiger partial charge < -0.3 is 14.9 Å². The molecule has 0 saturated carbocycles. The fraction of sp³-hybridized carbons (Fsp3) is 0.467. The Morgan fingerprint density at radius 1 is 1.41 bits per heavy atom. The van der Waals surface area contributed by atoms with Gasteiger partial charge in [0.05, 0.1) is 12.6 Å². The summed E-state index contributed by atoms with van der Waals surface area (Å²) in [7, 11) is 0. The second-order valence-corrected chi connectivity index (χ2v) is 5.61. The molecule has 1 aliphatic rings. The number of aromatic nitrogens is 4. The number of nitrogens with zero attached hydrogens (tertiary/aromatic N) is 3. The number of fused-ring (bicyclic) bond motifs is 1. The Labute approximate surface area is 127 Å². The standard InChI is InChI=1S/C15H19N5O2/c1-9-11(15(22)18-10(2)17-9)7-14(21)19-13-8-16-12-5-3-4-6-20(12)13/h8H,3-7H2,1-2H3,(H,19,21)(H,17,18,22). The van der Waals surface area contributed by atoms with Gasteiger partial charge in [-0.05, 0) is 26.7 Å². The monoisotopic (exact) mass is 301 g/mol. The average Bonchev–Trinajstić information content (AvgIpc) is 2.86. The molecule has 7 heteroatoms. The summed E-state index contributed by atoms with van der Waals surface area (Å²) >= 11 is 0. The molecular weight excluding hydrogens is 282 g/mol. The number of aryl methyl sites for hydroxylation is 3. The number of carbonyl (C=O) groups excluding carboxylic acids is 1. The largest absolute Gasteiger partial charge is 0.315 e. The van der Waals surface area contributed by atoms with Crippen LogP contribution in [0.5, 0.6) is 0 Å². The first-order valence-corrected chi connectivity index (χ1v) is 7.45. The molecule has 0 spiro atoms. The second kappa shape index (κ2) is 5.75. The minimum Gasteiger partial charge on any atom is -0.315 e. The lowest BCUT2D eigenvalue weighted by Crippen LogP contribution is -2.25. The Hall–Kier alpha value is -2.44. The van der Waals surface area contributed by atoms with E-state index in [9.17, 15) is 9.59 Å². The summed E-state index contributed by atoms with van der Waals surface area (Å²) in [5, 5.41) is 2.85. The van der Waals surface area contributed by atoms with Crippen molar-refractivity contribution < 1.29 is 4.79 Å². The van der Waals surface area contributed by atoms with E-state index in [4.69, 9.17) is 0 Å². The molecule has 2 aromatic rings. The molecule has 116 valence electrons. The zero-order chi connectivity index (χ0) is 15.7. The number of imidazole rings is 1. The minimum atomic E-state index is -0.254. The molecule has 0 bridgehead atoms. The van der Waals surface area contributed by atoms with Crippen molar-refractivity contribution in [2.75, 3.05) is 5.32 Å². The third kappa shape index (κ3) is 2.79. The number of amides is 1. The van der Waals surface area contributed by atoms with Gasteiger partial charge in [0.15, 0.2) is 0 Å². The molecule has 2 aromatic heterocycles. The third-order valence-electron chi connectivity index (χ3n) is 3.92. The van der Waals surface area contributed by atoms with Gasteiger partial charge in [-0.15, -0.1) is 0 Å². The Kier molecular flexibility index (Phi) is 3.79. The van der Waals surface area contributed by atoms with Gasteiger partial charge in [-0.2, -0.15) is 0 Å². The van der Waals surface area contributed by atoms with Gasteiger partial charge in [-0.1, -0.05) is 0 Å².